The number of carbonyl (C=O) groups excluding carboxylic acids is 1. The molecule has 0 heterocycles. The molecule has 0 aromatic heterocycles. The second-order valence-corrected chi connectivity index (χ2v) is 9.68. The molecule has 0 spiro atoms. The third kappa shape index (κ3) is 15.7. The van der Waals surface area contributed by atoms with Crippen molar-refractivity contribution in [2.75, 3.05) is 46.2 Å². The predicted octanol–water partition coefficient (Wildman–Crippen LogP) is 6.04. The maximum Gasteiger partial charge on any atom is 0.309 e. The molecule has 1 aliphatic rings. The zero-order chi connectivity index (χ0) is 22.7. The van der Waals surface area contributed by atoms with Crippen molar-refractivity contribution in [3.8, 4) is 0 Å². The number of esters is 1. The van der Waals surface area contributed by atoms with E-state index in [0.717, 1.165) is 31.1 Å². The van der Waals surface area contributed by atoms with Crippen molar-refractivity contribution >= 4 is 5.97 Å². The second-order valence-electron chi connectivity index (χ2n) is 9.68. The quantitative estimate of drug-likeness (QED) is 0.180. The van der Waals surface area contributed by atoms with Gasteiger partial charge in [0.15, 0.2) is 0 Å². The molecule has 0 radical (unpaired) electrons. The summed E-state index contributed by atoms with van der Waals surface area (Å²) in [6.07, 6.45) is 12.4. The molecule has 5 nitrogen and oxygen atoms in total. The lowest BCUT2D eigenvalue weighted by molar-refractivity contribution is -0.152. The molecular formula is C26H50O5. The normalized spacial score (nSPS) is 20.2. The fourth-order valence-electron chi connectivity index (χ4n) is 4.44. The van der Waals surface area contributed by atoms with Crippen LogP contribution in [0.2, 0.25) is 0 Å². The molecule has 0 aromatic carbocycles. The number of carbonyl (C=O) groups is 1. The van der Waals surface area contributed by atoms with Crippen LogP contribution in [0.25, 0.3) is 0 Å². The lowest BCUT2D eigenvalue weighted by Crippen LogP contribution is -2.26. The molecule has 0 aromatic rings. The van der Waals surface area contributed by atoms with Crippen molar-refractivity contribution in [3.05, 3.63) is 0 Å². The molecule has 1 fully saturated rings. The highest BCUT2D eigenvalue weighted by molar-refractivity contribution is 5.72. The van der Waals surface area contributed by atoms with Gasteiger partial charge in [-0.25, -0.2) is 0 Å². The molecule has 0 N–H and O–H groups in total. The zero-order valence-electron chi connectivity index (χ0n) is 20.9. The molecule has 1 rings (SSSR count). The summed E-state index contributed by atoms with van der Waals surface area (Å²) >= 11 is 0. The summed E-state index contributed by atoms with van der Waals surface area (Å²) in [5.41, 5.74) is 0. The third-order valence-corrected chi connectivity index (χ3v) is 6.32. The van der Waals surface area contributed by atoms with E-state index in [-0.39, 0.29) is 11.9 Å². The van der Waals surface area contributed by atoms with Gasteiger partial charge in [0.1, 0.15) is 6.61 Å². The van der Waals surface area contributed by atoms with Crippen LogP contribution >= 0.6 is 0 Å². The average molecular weight is 443 g/mol. The van der Waals surface area contributed by atoms with E-state index in [9.17, 15) is 4.79 Å². The number of ether oxygens (including phenoxy) is 4. The van der Waals surface area contributed by atoms with Crippen LogP contribution in [0.3, 0.4) is 0 Å². The van der Waals surface area contributed by atoms with E-state index in [0.29, 0.717) is 52.2 Å². The summed E-state index contributed by atoms with van der Waals surface area (Å²) in [5.74, 6) is 2.41. The van der Waals surface area contributed by atoms with Crippen molar-refractivity contribution in [1.29, 1.82) is 0 Å². The fraction of sp³-hybridized carbons (Fsp3) is 0.962. The first kappa shape index (κ1) is 28.4. The van der Waals surface area contributed by atoms with Gasteiger partial charge in [0.05, 0.1) is 39.0 Å². The van der Waals surface area contributed by atoms with Gasteiger partial charge in [0.2, 0.25) is 0 Å². The zero-order valence-corrected chi connectivity index (χ0v) is 20.9. The molecule has 0 saturated heterocycles. The molecule has 3 unspecified atom stereocenters. The van der Waals surface area contributed by atoms with Crippen LogP contribution in [-0.4, -0.2) is 52.2 Å². The predicted molar refractivity (Wildman–Crippen MR) is 126 cm³/mol. The second kappa shape index (κ2) is 18.9. The SMILES string of the molecule is CCOCCOCCOCCOC(=O)C1CCCC(CCCC(C)CCCC(C)C)C1. The van der Waals surface area contributed by atoms with E-state index in [2.05, 4.69) is 20.8 Å². The molecule has 184 valence electrons. The average Bonchev–Trinajstić information content (AvgIpc) is 2.75. The van der Waals surface area contributed by atoms with Crippen LogP contribution < -0.4 is 0 Å². The van der Waals surface area contributed by atoms with Gasteiger partial charge in [-0.15, -0.1) is 0 Å². The highest BCUT2D eigenvalue weighted by Crippen LogP contribution is 2.33. The van der Waals surface area contributed by atoms with Crippen LogP contribution in [0.4, 0.5) is 0 Å². The van der Waals surface area contributed by atoms with Crippen molar-refractivity contribution < 1.29 is 23.7 Å². The Balaban J connectivity index is 2.04. The third-order valence-electron chi connectivity index (χ3n) is 6.32. The molecule has 0 bridgehead atoms. The minimum Gasteiger partial charge on any atom is -0.463 e. The Morgan fingerprint density at radius 2 is 1.48 bits per heavy atom. The van der Waals surface area contributed by atoms with E-state index in [1.807, 2.05) is 6.92 Å². The van der Waals surface area contributed by atoms with Crippen molar-refractivity contribution in [2.45, 2.75) is 91.9 Å². The first-order valence-corrected chi connectivity index (χ1v) is 12.9. The van der Waals surface area contributed by atoms with Crippen LogP contribution in [-0.2, 0) is 23.7 Å². The Morgan fingerprint density at radius 3 is 2.16 bits per heavy atom. The molecule has 1 saturated carbocycles. The summed E-state index contributed by atoms with van der Waals surface area (Å²) in [6, 6.07) is 0. The van der Waals surface area contributed by atoms with Crippen LogP contribution in [0.5, 0.6) is 0 Å². The van der Waals surface area contributed by atoms with Gasteiger partial charge in [0.25, 0.3) is 0 Å². The molecule has 1 aliphatic carbocycles. The summed E-state index contributed by atoms with van der Waals surface area (Å²) in [7, 11) is 0. The van der Waals surface area contributed by atoms with E-state index in [1.54, 1.807) is 0 Å². The molecule has 0 amide bonds. The molecule has 5 heteroatoms. The summed E-state index contributed by atoms with van der Waals surface area (Å²) < 4.78 is 21.5. The standard InChI is InChI=1S/C26H50O5/c1-5-28-15-16-29-17-18-30-19-20-31-26(27)25-14-8-13-24(21-25)12-7-11-23(4)10-6-9-22(2)3/h22-25H,5-21H2,1-4H3. The lowest BCUT2D eigenvalue weighted by Gasteiger charge is -2.28. The number of hydrogen-bond donors (Lipinski definition) is 0. The monoisotopic (exact) mass is 442 g/mol. The van der Waals surface area contributed by atoms with Crippen LogP contribution in [0.1, 0.15) is 91.9 Å². The summed E-state index contributed by atoms with van der Waals surface area (Å²) in [5, 5.41) is 0. The maximum atomic E-state index is 12.4. The van der Waals surface area contributed by atoms with E-state index in [1.165, 1.54) is 44.9 Å². The minimum absolute atomic E-state index is 0.0247. The maximum absolute atomic E-state index is 12.4. The van der Waals surface area contributed by atoms with Crippen molar-refractivity contribution in [3.63, 3.8) is 0 Å². The van der Waals surface area contributed by atoms with E-state index < -0.39 is 0 Å². The van der Waals surface area contributed by atoms with E-state index >= 15 is 0 Å². The number of rotatable bonds is 19. The molecule has 0 aliphatic heterocycles. The fourth-order valence-corrected chi connectivity index (χ4v) is 4.44. The largest absolute Gasteiger partial charge is 0.463 e. The molecule has 3 atom stereocenters. The molecule has 31 heavy (non-hydrogen) atoms. The van der Waals surface area contributed by atoms with Crippen molar-refractivity contribution in [2.24, 2.45) is 23.7 Å². The van der Waals surface area contributed by atoms with Gasteiger partial charge in [-0.05, 0) is 37.5 Å². The minimum atomic E-state index is -0.0247. The Morgan fingerprint density at radius 1 is 0.839 bits per heavy atom. The summed E-state index contributed by atoms with van der Waals surface area (Å²) in [4.78, 5) is 12.4. The number of hydrogen-bond acceptors (Lipinski definition) is 5. The Kier molecular flexibility index (Phi) is 17.3. The Bertz CT molecular complexity index is 426. The van der Waals surface area contributed by atoms with E-state index in [4.69, 9.17) is 18.9 Å². The van der Waals surface area contributed by atoms with Crippen LogP contribution in [0, 0.1) is 23.7 Å². The highest BCUT2D eigenvalue weighted by atomic mass is 16.6. The highest BCUT2D eigenvalue weighted by Gasteiger charge is 2.28. The van der Waals surface area contributed by atoms with Crippen molar-refractivity contribution in [1.82, 2.24) is 0 Å². The van der Waals surface area contributed by atoms with Crippen LogP contribution in [0.15, 0.2) is 0 Å². The smallest absolute Gasteiger partial charge is 0.309 e. The Labute approximate surface area is 191 Å². The first-order chi connectivity index (χ1) is 15.0. The van der Waals surface area contributed by atoms with Gasteiger partial charge >= 0.3 is 5.97 Å². The topological polar surface area (TPSA) is 54.0 Å². The van der Waals surface area contributed by atoms with Gasteiger partial charge < -0.3 is 18.9 Å². The first-order valence-electron chi connectivity index (χ1n) is 12.9. The van der Waals surface area contributed by atoms with Gasteiger partial charge in [0, 0.05) is 6.61 Å². The molecular weight excluding hydrogens is 392 g/mol. The van der Waals surface area contributed by atoms with Gasteiger partial charge in [-0.3, -0.25) is 4.79 Å². The summed E-state index contributed by atoms with van der Waals surface area (Å²) in [6.45, 7) is 12.7. The van der Waals surface area contributed by atoms with Gasteiger partial charge in [-0.1, -0.05) is 72.1 Å². The lowest BCUT2D eigenvalue weighted by atomic mass is 9.78. The van der Waals surface area contributed by atoms with Gasteiger partial charge in [-0.2, -0.15) is 0 Å². The Hall–Kier alpha value is -0.650.